The van der Waals surface area contributed by atoms with Crippen LogP contribution < -0.4 is 15.2 Å². The molecule has 7 rings (SSSR count). The molecule has 2 aliphatic heterocycles. The van der Waals surface area contributed by atoms with Gasteiger partial charge in [0.05, 0.1) is 34.3 Å². The number of carbonyl (C=O) groups is 3. The van der Waals surface area contributed by atoms with E-state index < -0.39 is 62.1 Å². The van der Waals surface area contributed by atoms with Crippen molar-refractivity contribution >= 4 is 50.0 Å². The molecule has 17 heteroatoms. The molecule has 54 heavy (non-hydrogen) atoms. The summed E-state index contributed by atoms with van der Waals surface area (Å²) in [7, 11) is -3.95. The zero-order valence-electron chi connectivity index (χ0n) is 30.4. The monoisotopic (exact) mass is 790 g/mol. The Bertz CT molecular complexity index is 2110. The summed E-state index contributed by atoms with van der Waals surface area (Å²) < 4.78 is 76.0. The highest BCUT2D eigenvalue weighted by atomic mass is 32.2. The van der Waals surface area contributed by atoms with Crippen molar-refractivity contribution in [1.29, 1.82) is 0 Å². The molecule has 0 radical (unpaired) electrons. The molecule has 0 unspecified atom stereocenters. The van der Waals surface area contributed by atoms with Crippen molar-refractivity contribution in [2.24, 2.45) is 17.1 Å². The second-order valence-corrected chi connectivity index (χ2v) is 18.8. The molecule has 2 aromatic heterocycles. The number of benzene rings is 1. The van der Waals surface area contributed by atoms with Crippen LogP contribution in [0, 0.1) is 11.3 Å². The molecule has 5 atom stereocenters. The number of Topliss-reactive ketones (excluding diaryl/α,β-unsaturated/α-hetero) is 1. The van der Waals surface area contributed by atoms with E-state index in [0.29, 0.717) is 48.7 Å². The molecule has 2 aliphatic carbocycles. The maximum Gasteiger partial charge on any atom is 0.434 e. The first-order chi connectivity index (χ1) is 25.4. The lowest BCUT2D eigenvalue weighted by atomic mass is 9.91. The lowest BCUT2D eigenvalue weighted by molar-refractivity contribution is -0.140. The van der Waals surface area contributed by atoms with Gasteiger partial charge in [-0.1, -0.05) is 31.1 Å². The Morgan fingerprint density at radius 2 is 1.91 bits per heavy atom. The summed E-state index contributed by atoms with van der Waals surface area (Å²) >= 11 is 0.860. The number of thiazole rings is 1. The van der Waals surface area contributed by atoms with E-state index in [1.807, 2.05) is 30.6 Å². The highest BCUT2D eigenvalue weighted by molar-refractivity contribution is 7.91. The van der Waals surface area contributed by atoms with Crippen LogP contribution in [0.25, 0.3) is 21.6 Å². The van der Waals surface area contributed by atoms with Gasteiger partial charge in [0.25, 0.3) is 6.01 Å². The lowest BCUT2D eigenvalue weighted by Crippen LogP contribution is -2.50. The molecule has 1 saturated heterocycles. The summed E-state index contributed by atoms with van der Waals surface area (Å²) in [4.78, 5) is 52.1. The third kappa shape index (κ3) is 7.18. The van der Waals surface area contributed by atoms with E-state index in [4.69, 9.17) is 15.5 Å². The Kier molecular flexibility index (Phi) is 9.99. The number of nitrogens with two attached hydrogens (primary N) is 1. The van der Waals surface area contributed by atoms with Crippen LogP contribution in [-0.4, -0.2) is 74.9 Å². The molecule has 1 aromatic carbocycles. The number of para-hydroxylation sites is 1. The molecular formula is C37H45F3N6O6S2. The van der Waals surface area contributed by atoms with Gasteiger partial charge in [0, 0.05) is 29.8 Å². The van der Waals surface area contributed by atoms with Crippen molar-refractivity contribution in [3.63, 3.8) is 0 Å². The van der Waals surface area contributed by atoms with E-state index in [1.165, 1.54) is 4.90 Å². The number of ether oxygens (including phenoxy) is 1. The number of carbonyl (C=O) groups excluding carboxylic acids is 3. The Morgan fingerprint density at radius 3 is 2.59 bits per heavy atom. The molecular weight excluding hydrogens is 746 g/mol. The second kappa shape index (κ2) is 14.0. The van der Waals surface area contributed by atoms with E-state index in [-0.39, 0.29) is 48.1 Å². The third-order valence-corrected chi connectivity index (χ3v) is 14.4. The van der Waals surface area contributed by atoms with Gasteiger partial charge in [-0.25, -0.2) is 13.4 Å². The number of hydrogen-bond donors (Lipinski definition) is 2. The molecule has 4 heterocycles. The fourth-order valence-corrected chi connectivity index (χ4v) is 9.90. The fourth-order valence-electron chi connectivity index (χ4n) is 7.71. The first kappa shape index (κ1) is 38.4. The summed E-state index contributed by atoms with van der Waals surface area (Å²) in [6.45, 7) is 5.42. The highest BCUT2D eigenvalue weighted by Crippen LogP contribution is 2.57. The van der Waals surface area contributed by atoms with Gasteiger partial charge >= 0.3 is 6.18 Å². The number of nitrogens with one attached hydrogen (secondary N) is 1. The zero-order chi connectivity index (χ0) is 38.8. The number of imidazole rings is 1. The second-order valence-electron chi connectivity index (χ2n) is 15.7. The van der Waals surface area contributed by atoms with Gasteiger partial charge in [0.2, 0.25) is 21.8 Å². The number of ketones is 1. The molecule has 3 aromatic rings. The van der Waals surface area contributed by atoms with Crippen molar-refractivity contribution in [2.45, 2.75) is 120 Å². The molecule has 2 amide bonds. The summed E-state index contributed by atoms with van der Waals surface area (Å²) in [5.41, 5.74) is 5.56. The molecule has 2 saturated carbocycles. The summed E-state index contributed by atoms with van der Waals surface area (Å²) in [6, 6.07) is 3.27. The number of halogens is 3. The minimum Gasteiger partial charge on any atom is -0.459 e. The number of rotatable bonds is 7. The van der Waals surface area contributed by atoms with E-state index in [0.717, 1.165) is 36.0 Å². The van der Waals surface area contributed by atoms with Crippen molar-refractivity contribution in [3.8, 4) is 16.6 Å². The third-order valence-electron chi connectivity index (χ3n) is 11.4. The van der Waals surface area contributed by atoms with Crippen LogP contribution in [-0.2, 0) is 30.6 Å². The van der Waals surface area contributed by atoms with Crippen LogP contribution >= 0.6 is 11.3 Å². The zero-order valence-corrected chi connectivity index (χ0v) is 32.0. The maximum atomic E-state index is 14.3. The maximum absolute atomic E-state index is 14.3. The van der Waals surface area contributed by atoms with Crippen LogP contribution in [0.3, 0.4) is 0 Å². The van der Waals surface area contributed by atoms with Gasteiger partial charge in [-0.3, -0.25) is 23.7 Å². The van der Waals surface area contributed by atoms with E-state index in [2.05, 4.69) is 9.71 Å². The SMILES string of the molecule is CC(C)n1c(O[C@@H]2C[C@H]3C(=O)C[C@]4(C(=O)NS(=O)(=O)C5(C)CC5)C[C@H]4/C=C\CCCCC[C@H](N)C(=O)N3C2)nc2c(-c3nc(C(F)(F)F)cs3)cccc21. The number of aromatic nitrogens is 3. The largest absolute Gasteiger partial charge is 0.459 e. The summed E-state index contributed by atoms with van der Waals surface area (Å²) in [6.07, 6.45) is 3.13. The van der Waals surface area contributed by atoms with Crippen LogP contribution in [0.15, 0.2) is 35.7 Å². The Labute approximate surface area is 315 Å². The topological polar surface area (TPSA) is 167 Å². The van der Waals surface area contributed by atoms with Gasteiger partial charge in [-0.15, -0.1) is 11.3 Å². The number of amides is 2. The Balaban J connectivity index is 1.19. The first-order valence-electron chi connectivity index (χ1n) is 18.5. The van der Waals surface area contributed by atoms with E-state index >= 15 is 0 Å². The molecule has 0 spiro atoms. The normalized spacial score (nSPS) is 28.3. The number of fused-ring (bicyclic) bond motifs is 3. The predicted octanol–water partition coefficient (Wildman–Crippen LogP) is 5.92. The van der Waals surface area contributed by atoms with Crippen molar-refractivity contribution in [1.82, 2.24) is 24.2 Å². The molecule has 292 valence electrons. The van der Waals surface area contributed by atoms with Crippen molar-refractivity contribution in [3.05, 3.63) is 41.4 Å². The van der Waals surface area contributed by atoms with Gasteiger partial charge < -0.3 is 15.4 Å². The van der Waals surface area contributed by atoms with Crippen LogP contribution in [0.1, 0.15) is 96.7 Å². The molecule has 12 nitrogen and oxygen atoms in total. The van der Waals surface area contributed by atoms with E-state index in [1.54, 1.807) is 25.1 Å². The number of hydrogen-bond acceptors (Lipinski definition) is 10. The highest BCUT2D eigenvalue weighted by Gasteiger charge is 2.62. The smallest absolute Gasteiger partial charge is 0.434 e. The average Bonchev–Trinajstić information content (AvgIpc) is 3.76. The van der Waals surface area contributed by atoms with Crippen molar-refractivity contribution in [2.75, 3.05) is 6.54 Å². The van der Waals surface area contributed by atoms with Crippen LogP contribution in [0.4, 0.5) is 13.2 Å². The predicted molar refractivity (Wildman–Crippen MR) is 196 cm³/mol. The summed E-state index contributed by atoms with van der Waals surface area (Å²) in [5, 5.41) is 1.11. The fraction of sp³-hybridized carbons (Fsp3) is 0.595. The Hall–Kier alpha value is -3.83. The van der Waals surface area contributed by atoms with Crippen molar-refractivity contribution < 1.29 is 40.7 Å². The van der Waals surface area contributed by atoms with Gasteiger partial charge in [0.15, 0.2) is 11.5 Å². The van der Waals surface area contributed by atoms with Gasteiger partial charge in [-0.05, 0) is 77.3 Å². The number of allylic oxidation sites excluding steroid dienone is 2. The summed E-state index contributed by atoms with van der Waals surface area (Å²) in [5.74, 6) is -1.83. The quantitative estimate of drug-likeness (QED) is 0.276. The van der Waals surface area contributed by atoms with Gasteiger partial charge in [0.1, 0.15) is 16.6 Å². The number of nitrogens with zero attached hydrogens (tertiary/aromatic N) is 4. The molecule has 0 bridgehead atoms. The van der Waals surface area contributed by atoms with Crippen LogP contribution in [0.5, 0.6) is 6.01 Å². The van der Waals surface area contributed by atoms with E-state index in [9.17, 15) is 36.0 Å². The minimum absolute atomic E-state index is 0.00772. The minimum atomic E-state index is -4.60. The van der Waals surface area contributed by atoms with Gasteiger partial charge in [-0.2, -0.15) is 18.2 Å². The molecule has 3 N–H and O–H groups in total. The lowest BCUT2D eigenvalue weighted by Gasteiger charge is -2.27. The number of alkyl halides is 3. The first-order valence-corrected chi connectivity index (χ1v) is 20.8. The molecule has 3 fully saturated rings. The number of sulfonamides is 1. The average molecular weight is 791 g/mol. The van der Waals surface area contributed by atoms with Crippen LogP contribution in [0.2, 0.25) is 0 Å². The Morgan fingerprint density at radius 1 is 1.15 bits per heavy atom. The standard InChI is InChI=1S/C37H45F3N6O6S2/c1-21(2)46-26-13-9-11-24(31-42-29(20-53-31)37(38,39)40)30(26)43-34(46)52-23-16-27-28(47)18-36(33(49)44-54(50,51)35(3)14-15-35)17-22(36)10-7-5-4-6-8-12-25(41)32(48)45(27)19-23/h7,9-11,13,20-23,25,27H,4-6,8,12,14-19,41H2,1-3H3,(H,44,49)/b10-7-/t22-,23-,25+,27+,36-/m1/s1. The molecule has 4 aliphatic rings.